The third-order valence-corrected chi connectivity index (χ3v) is 3.29. The number of hydrogen-bond donors (Lipinski definition) is 1. The SMILES string of the molecule is CC1Cc2c(Br)cc(F)cc2C1O. The molecule has 0 heterocycles. The van der Waals surface area contributed by atoms with E-state index in [0.29, 0.717) is 0 Å². The van der Waals surface area contributed by atoms with Gasteiger partial charge < -0.3 is 5.11 Å². The molecule has 1 aliphatic carbocycles. The highest BCUT2D eigenvalue weighted by Crippen LogP contribution is 2.39. The standard InChI is InChI=1S/C10H10BrFO/c1-5-2-7-8(10(5)13)3-6(12)4-9(7)11/h3-5,10,13H,2H2,1H3. The molecule has 0 radical (unpaired) electrons. The van der Waals surface area contributed by atoms with Gasteiger partial charge in [0.15, 0.2) is 0 Å². The average Bonchev–Trinajstić information content (AvgIpc) is 2.32. The molecule has 0 saturated heterocycles. The Balaban J connectivity index is 2.57. The molecular formula is C10H10BrFO. The molecule has 0 amide bonds. The van der Waals surface area contributed by atoms with Crippen molar-refractivity contribution in [1.82, 2.24) is 0 Å². The molecule has 1 nitrogen and oxygen atoms in total. The third-order valence-electron chi connectivity index (χ3n) is 2.58. The molecule has 0 bridgehead atoms. The van der Waals surface area contributed by atoms with Gasteiger partial charge in [-0.05, 0) is 35.6 Å². The van der Waals surface area contributed by atoms with E-state index in [-0.39, 0.29) is 11.7 Å². The number of halogens is 2. The van der Waals surface area contributed by atoms with E-state index >= 15 is 0 Å². The first-order valence-electron chi connectivity index (χ1n) is 4.25. The van der Waals surface area contributed by atoms with Crippen LogP contribution < -0.4 is 0 Å². The van der Waals surface area contributed by atoms with Crippen molar-refractivity contribution in [3.63, 3.8) is 0 Å². The van der Waals surface area contributed by atoms with Crippen LogP contribution in [0.3, 0.4) is 0 Å². The molecule has 1 N–H and O–H groups in total. The second-order valence-corrected chi connectivity index (χ2v) is 4.44. The van der Waals surface area contributed by atoms with E-state index in [0.717, 1.165) is 22.0 Å². The van der Waals surface area contributed by atoms with Crippen LogP contribution in [-0.2, 0) is 6.42 Å². The first kappa shape index (κ1) is 9.16. The van der Waals surface area contributed by atoms with E-state index in [1.807, 2.05) is 6.92 Å². The Morgan fingerprint density at radius 3 is 2.92 bits per heavy atom. The molecule has 3 heteroatoms. The fourth-order valence-corrected chi connectivity index (χ4v) is 2.45. The van der Waals surface area contributed by atoms with Crippen LogP contribution in [0, 0.1) is 11.7 Å². The van der Waals surface area contributed by atoms with E-state index in [9.17, 15) is 9.50 Å². The van der Waals surface area contributed by atoms with Crippen LogP contribution in [0.5, 0.6) is 0 Å². The lowest BCUT2D eigenvalue weighted by atomic mass is 10.1. The van der Waals surface area contributed by atoms with Gasteiger partial charge in [0.05, 0.1) is 6.10 Å². The van der Waals surface area contributed by atoms with Gasteiger partial charge in [-0.2, -0.15) is 0 Å². The van der Waals surface area contributed by atoms with Crippen molar-refractivity contribution >= 4 is 15.9 Å². The number of fused-ring (bicyclic) bond motifs is 1. The monoisotopic (exact) mass is 244 g/mol. The van der Waals surface area contributed by atoms with Gasteiger partial charge in [0, 0.05) is 4.47 Å². The minimum absolute atomic E-state index is 0.188. The minimum Gasteiger partial charge on any atom is -0.388 e. The number of hydrogen-bond acceptors (Lipinski definition) is 1. The van der Waals surface area contributed by atoms with Crippen molar-refractivity contribution in [3.8, 4) is 0 Å². The number of benzene rings is 1. The first-order chi connectivity index (χ1) is 6.09. The smallest absolute Gasteiger partial charge is 0.124 e. The normalized spacial score (nSPS) is 26.2. The summed E-state index contributed by atoms with van der Waals surface area (Å²) >= 11 is 3.30. The lowest BCUT2D eigenvalue weighted by molar-refractivity contribution is 0.132. The Kier molecular flexibility index (Phi) is 2.16. The summed E-state index contributed by atoms with van der Waals surface area (Å²) < 4.78 is 13.8. The Hall–Kier alpha value is -0.410. The van der Waals surface area contributed by atoms with Crippen molar-refractivity contribution in [2.24, 2.45) is 5.92 Å². The van der Waals surface area contributed by atoms with Crippen LogP contribution in [0.2, 0.25) is 0 Å². The summed E-state index contributed by atoms with van der Waals surface area (Å²) in [5.74, 6) is -0.105. The Labute approximate surface area is 84.7 Å². The second-order valence-electron chi connectivity index (χ2n) is 3.58. The van der Waals surface area contributed by atoms with E-state index < -0.39 is 6.10 Å². The van der Waals surface area contributed by atoms with Gasteiger partial charge in [-0.25, -0.2) is 4.39 Å². The van der Waals surface area contributed by atoms with Gasteiger partial charge >= 0.3 is 0 Å². The summed E-state index contributed by atoms with van der Waals surface area (Å²) in [7, 11) is 0. The topological polar surface area (TPSA) is 20.2 Å². The molecule has 0 aliphatic heterocycles. The molecule has 2 rings (SSSR count). The fourth-order valence-electron chi connectivity index (χ4n) is 1.84. The maximum Gasteiger partial charge on any atom is 0.124 e. The van der Waals surface area contributed by atoms with Crippen molar-refractivity contribution in [2.45, 2.75) is 19.4 Å². The molecule has 2 atom stereocenters. The highest BCUT2D eigenvalue weighted by atomic mass is 79.9. The van der Waals surface area contributed by atoms with Crippen LogP contribution in [0.4, 0.5) is 4.39 Å². The van der Waals surface area contributed by atoms with E-state index in [1.165, 1.54) is 12.1 Å². The minimum atomic E-state index is -0.512. The second kappa shape index (κ2) is 3.07. The van der Waals surface area contributed by atoms with Crippen LogP contribution in [0.1, 0.15) is 24.2 Å². The summed E-state index contributed by atoms with van der Waals surface area (Å²) in [5, 5.41) is 9.71. The lowest BCUT2D eigenvalue weighted by Crippen LogP contribution is -2.01. The van der Waals surface area contributed by atoms with Crippen molar-refractivity contribution in [1.29, 1.82) is 0 Å². The number of aliphatic hydroxyl groups is 1. The van der Waals surface area contributed by atoms with Gasteiger partial charge in [-0.1, -0.05) is 22.9 Å². The number of aliphatic hydroxyl groups excluding tert-OH is 1. The molecule has 1 aromatic carbocycles. The maximum absolute atomic E-state index is 13.0. The zero-order chi connectivity index (χ0) is 9.59. The van der Waals surface area contributed by atoms with Gasteiger partial charge in [-0.15, -0.1) is 0 Å². The zero-order valence-corrected chi connectivity index (χ0v) is 8.81. The molecular weight excluding hydrogens is 235 g/mol. The highest BCUT2D eigenvalue weighted by Gasteiger charge is 2.29. The maximum atomic E-state index is 13.0. The summed E-state index contributed by atoms with van der Waals surface area (Å²) in [4.78, 5) is 0. The van der Waals surface area contributed by atoms with Gasteiger partial charge in [0.2, 0.25) is 0 Å². The Morgan fingerprint density at radius 2 is 2.23 bits per heavy atom. The third kappa shape index (κ3) is 1.40. The summed E-state index contributed by atoms with van der Waals surface area (Å²) in [5.41, 5.74) is 1.78. The summed E-state index contributed by atoms with van der Waals surface area (Å²) in [6.07, 6.45) is 0.305. The molecule has 0 spiro atoms. The van der Waals surface area contributed by atoms with Gasteiger partial charge in [0.1, 0.15) is 5.82 Å². The lowest BCUT2D eigenvalue weighted by Gasteiger charge is -2.08. The van der Waals surface area contributed by atoms with Crippen molar-refractivity contribution < 1.29 is 9.50 Å². The number of rotatable bonds is 0. The predicted octanol–water partition coefficient (Wildman–Crippen LogP) is 2.81. The molecule has 0 fully saturated rings. The molecule has 70 valence electrons. The predicted molar refractivity (Wildman–Crippen MR) is 51.9 cm³/mol. The molecule has 1 aromatic rings. The average molecular weight is 245 g/mol. The van der Waals surface area contributed by atoms with E-state index in [4.69, 9.17) is 0 Å². The molecule has 1 aliphatic rings. The van der Waals surface area contributed by atoms with Gasteiger partial charge in [-0.3, -0.25) is 0 Å². The van der Waals surface area contributed by atoms with Crippen molar-refractivity contribution in [2.75, 3.05) is 0 Å². The summed E-state index contributed by atoms with van der Waals surface area (Å²) in [6.45, 7) is 1.97. The fraction of sp³-hybridized carbons (Fsp3) is 0.400. The largest absolute Gasteiger partial charge is 0.388 e. The summed E-state index contributed by atoms with van der Waals surface area (Å²) in [6, 6.07) is 2.87. The van der Waals surface area contributed by atoms with E-state index in [1.54, 1.807) is 0 Å². The molecule has 13 heavy (non-hydrogen) atoms. The highest BCUT2D eigenvalue weighted by molar-refractivity contribution is 9.10. The quantitative estimate of drug-likeness (QED) is 0.745. The molecule has 0 aromatic heterocycles. The van der Waals surface area contributed by atoms with Crippen LogP contribution >= 0.6 is 15.9 Å². The van der Waals surface area contributed by atoms with E-state index in [2.05, 4.69) is 15.9 Å². The van der Waals surface area contributed by atoms with Crippen LogP contribution in [0.15, 0.2) is 16.6 Å². The Morgan fingerprint density at radius 1 is 1.54 bits per heavy atom. The zero-order valence-electron chi connectivity index (χ0n) is 7.22. The molecule has 0 saturated carbocycles. The van der Waals surface area contributed by atoms with Crippen LogP contribution in [-0.4, -0.2) is 5.11 Å². The van der Waals surface area contributed by atoms with Gasteiger partial charge in [0.25, 0.3) is 0 Å². The van der Waals surface area contributed by atoms with Crippen molar-refractivity contribution in [3.05, 3.63) is 33.5 Å². The Bertz CT molecular complexity index is 351. The van der Waals surface area contributed by atoms with Crippen LogP contribution in [0.25, 0.3) is 0 Å². The molecule has 2 unspecified atom stereocenters. The first-order valence-corrected chi connectivity index (χ1v) is 5.05.